The first-order valence-electron chi connectivity index (χ1n) is 6.32. The maximum Gasteiger partial charge on any atom is 0.276 e. The average molecular weight is 282 g/mol. The Labute approximate surface area is 116 Å². The van der Waals surface area contributed by atoms with Crippen LogP contribution in [0.3, 0.4) is 0 Å². The highest BCUT2D eigenvalue weighted by Gasteiger charge is 2.19. The second-order valence-electron chi connectivity index (χ2n) is 5.57. The Hall–Kier alpha value is -1.36. The molecule has 0 saturated carbocycles. The van der Waals surface area contributed by atoms with Crippen LogP contribution in [0.2, 0.25) is 0 Å². The molecule has 0 aliphatic rings. The highest BCUT2D eigenvalue weighted by Crippen LogP contribution is 2.18. The summed E-state index contributed by atoms with van der Waals surface area (Å²) in [5.41, 5.74) is 1.69. The van der Waals surface area contributed by atoms with Crippen molar-refractivity contribution in [2.45, 2.75) is 45.9 Å². The van der Waals surface area contributed by atoms with Gasteiger partial charge in [0.05, 0.1) is 4.90 Å². The largest absolute Gasteiger partial charge is 0.276 e. The van der Waals surface area contributed by atoms with Gasteiger partial charge >= 0.3 is 0 Å². The highest BCUT2D eigenvalue weighted by molar-refractivity contribution is 7.89. The number of aryl methyl sites for hydroxylation is 1. The van der Waals surface area contributed by atoms with Gasteiger partial charge in [-0.05, 0) is 25.5 Å². The molecule has 1 rings (SSSR count). The third-order valence-electron chi connectivity index (χ3n) is 2.83. The quantitative estimate of drug-likeness (QED) is 0.681. The molecule has 4 nitrogen and oxygen atoms in total. The summed E-state index contributed by atoms with van der Waals surface area (Å²) < 4.78 is 24.1. The van der Waals surface area contributed by atoms with E-state index in [-0.39, 0.29) is 10.3 Å². The van der Waals surface area contributed by atoms with Crippen LogP contribution in [0.4, 0.5) is 0 Å². The van der Waals surface area contributed by atoms with Gasteiger partial charge in [-0.25, -0.2) is 4.83 Å². The van der Waals surface area contributed by atoms with Gasteiger partial charge in [-0.1, -0.05) is 45.4 Å². The first kappa shape index (κ1) is 15.7. The lowest BCUT2D eigenvalue weighted by molar-refractivity contribution is 0.566. The normalized spacial score (nSPS) is 13.4. The zero-order chi connectivity index (χ0) is 14.7. The Balaban J connectivity index is 2.98. The molecule has 0 aliphatic carbocycles. The summed E-state index contributed by atoms with van der Waals surface area (Å²) in [4.78, 5) is 2.54. The van der Waals surface area contributed by atoms with Crippen LogP contribution in [-0.2, 0) is 10.0 Å². The van der Waals surface area contributed by atoms with Crippen LogP contribution < -0.4 is 4.83 Å². The topological polar surface area (TPSA) is 58.5 Å². The molecule has 0 spiro atoms. The van der Waals surface area contributed by atoms with Gasteiger partial charge in [0.2, 0.25) is 0 Å². The van der Waals surface area contributed by atoms with Crippen LogP contribution >= 0.6 is 0 Å². The van der Waals surface area contributed by atoms with E-state index >= 15 is 0 Å². The van der Waals surface area contributed by atoms with Crippen LogP contribution in [0, 0.1) is 12.3 Å². The Morgan fingerprint density at radius 1 is 1.21 bits per heavy atom. The van der Waals surface area contributed by atoms with Crippen molar-refractivity contribution in [1.29, 1.82) is 0 Å². The minimum Gasteiger partial charge on any atom is -0.200 e. The zero-order valence-corrected chi connectivity index (χ0v) is 13.0. The predicted octanol–water partition coefficient (Wildman–Crippen LogP) is 3.09. The lowest BCUT2D eigenvalue weighted by Gasteiger charge is -2.20. The van der Waals surface area contributed by atoms with E-state index in [1.165, 1.54) is 0 Å². The molecule has 0 aromatic heterocycles. The molecule has 0 fully saturated rings. The van der Waals surface area contributed by atoms with Crippen molar-refractivity contribution in [2.75, 3.05) is 0 Å². The van der Waals surface area contributed by atoms with Crippen LogP contribution in [0.5, 0.6) is 0 Å². The van der Waals surface area contributed by atoms with Crippen LogP contribution in [-0.4, -0.2) is 14.1 Å². The molecule has 0 radical (unpaired) electrons. The Kier molecular flexibility index (Phi) is 4.74. The monoisotopic (exact) mass is 282 g/mol. The van der Waals surface area contributed by atoms with E-state index in [1.54, 1.807) is 24.3 Å². The van der Waals surface area contributed by atoms with Crippen molar-refractivity contribution < 1.29 is 8.42 Å². The van der Waals surface area contributed by atoms with Crippen LogP contribution in [0.1, 0.15) is 39.7 Å². The first-order valence-corrected chi connectivity index (χ1v) is 7.80. The van der Waals surface area contributed by atoms with E-state index in [0.717, 1.165) is 11.3 Å². The molecule has 5 heteroatoms. The molecular weight excluding hydrogens is 260 g/mol. The Morgan fingerprint density at radius 2 is 1.74 bits per heavy atom. The number of benzene rings is 1. The number of rotatable bonds is 4. The van der Waals surface area contributed by atoms with Gasteiger partial charge in [0.1, 0.15) is 0 Å². The molecule has 0 atom stereocenters. The predicted molar refractivity (Wildman–Crippen MR) is 78.7 cm³/mol. The molecule has 19 heavy (non-hydrogen) atoms. The van der Waals surface area contributed by atoms with Gasteiger partial charge in [-0.3, -0.25) is 0 Å². The van der Waals surface area contributed by atoms with Crippen LogP contribution in [0.25, 0.3) is 0 Å². The number of hydrazone groups is 1. The number of nitrogens with one attached hydrogen (secondary N) is 1. The molecule has 1 aromatic carbocycles. The third-order valence-corrected chi connectivity index (χ3v) is 4.06. The number of hydrogen-bond donors (Lipinski definition) is 1. The van der Waals surface area contributed by atoms with E-state index in [2.05, 4.69) is 9.93 Å². The minimum absolute atomic E-state index is 0.148. The maximum atomic E-state index is 12.1. The van der Waals surface area contributed by atoms with Crippen molar-refractivity contribution >= 4 is 15.7 Å². The molecular formula is C14H22N2O2S. The molecule has 0 amide bonds. The van der Waals surface area contributed by atoms with Crippen molar-refractivity contribution in [3.05, 3.63) is 29.8 Å². The fraction of sp³-hybridized carbons (Fsp3) is 0.500. The molecule has 0 heterocycles. The van der Waals surface area contributed by atoms with Crippen molar-refractivity contribution in [1.82, 2.24) is 4.83 Å². The summed E-state index contributed by atoms with van der Waals surface area (Å²) in [6, 6.07) is 6.69. The highest BCUT2D eigenvalue weighted by atomic mass is 32.2. The Bertz CT molecular complexity index is 552. The van der Waals surface area contributed by atoms with Gasteiger partial charge < -0.3 is 0 Å². The molecule has 106 valence electrons. The van der Waals surface area contributed by atoms with Crippen molar-refractivity contribution in [2.24, 2.45) is 10.5 Å². The smallest absolute Gasteiger partial charge is 0.200 e. The average Bonchev–Trinajstić information content (AvgIpc) is 2.28. The summed E-state index contributed by atoms with van der Waals surface area (Å²) in [5.74, 6) is 0. The zero-order valence-electron chi connectivity index (χ0n) is 12.2. The maximum absolute atomic E-state index is 12.1. The third kappa shape index (κ3) is 4.35. The van der Waals surface area contributed by atoms with Crippen molar-refractivity contribution in [3.8, 4) is 0 Å². The molecule has 1 aromatic rings. The van der Waals surface area contributed by atoms with Gasteiger partial charge in [0, 0.05) is 11.1 Å². The lowest BCUT2D eigenvalue weighted by Crippen LogP contribution is -2.26. The van der Waals surface area contributed by atoms with Gasteiger partial charge in [-0.15, -0.1) is 0 Å². The standard InChI is InChI=1S/C14H22N2O2S/c1-6-13(14(3,4)5)15-16-19(17,18)12-9-7-11(2)8-10-12/h7-10,16H,6H2,1-5H3. The first-order chi connectivity index (χ1) is 8.66. The van der Waals surface area contributed by atoms with Crippen LogP contribution in [0.15, 0.2) is 34.3 Å². The fourth-order valence-corrected chi connectivity index (χ4v) is 2.49. The molecule has 1 N–H and O–H groups in total. The van der Waals surface area contributed by atoms with E-state index in [0.29, 0.717) is 6.42 Å². The fourth-order valence-electron chi connectivity index (χ4n) is 1.66. The molecule has 0 saturated heterocycles. The summed E-state index contributed by atoms with van der Waals surface area (Å²) >= 11 is 0. The Morgan fingerprint density at radius 3 is 2.16 bits per heavy atom. The van der Waals surface area contributed by atoms with E-state index in [9.17, 15) is 8.42 Å². The summed E-state index contributed by atoms with van der Waals surface area (Å²) in [6.45, 7) is 9.90. The van der Waals surface area contributed by atoms with Gasteiger partial charge in [0.15, 0.2) is 0 Å². The van der Waals surface area contributed by atoms with E-state index < -0.39 is 10.0 Å². The van der Waals surface area contributed by atoms with Crippen molar-refractivity contribution in [3.63, 3.8) is 0 Å². The second-order valence-corrected chi connectivity index (χ2v) is 7.23. The number of hydrogen-bond acceptors (Lipinski definition) is 3. The number of nitrogens with zero attached hydrogens (tertiary/aromatic N) is 1. The van der Waals surface area contributed by atoms with Gasteiger partial charge in [-0.2, -0.15) is 13.5 Å². The summed E-state index contributed by atoms with van der Waals surface area (Å²) in [6.07, 6.45) is 0.708. The van der Waals surface area contributed by atoms with Gasteiger partial charge in [0.25, 0.3) is 10.0 Å². The minimum atomic E-state index is -3.58. The summed E-state index contributed by atoms with van der Waals surface area (Å²) in [7, 11) is -3.58. The van der Waals surface area contributed by atoms with E-state index in [1.807, 2.05) is 34.6 Å². The summed E-state index contributed by atoms with van der Waals surface area (Å²) in [5, 5.41) is 4.06. The molecule has 0 unspecified atom stereocenters. The molecule has 0 bridgehead atoms. The second kappa shape index (κ2) is 5.74. The SMILES string of the molecule is CCC(=NNS(=O)(=O)c1ccc(C)cc1)C(C)(C)C. The van der Waals surface area contributed by atoms with E-state index in [4.69, 9.17) is 0 Å². The molecule has 0 aliphatic heterocycles. The number of sulfonamides is 1. The lowest BCUT2D eigenvalue weighted by atomic mass is 9.89.